The Bertz CT molecular complexity index is 1870. The second-order valence-corrected chi connectivity index (χ2v) is 32.0. The van der Waals surface area contributed by atoms with Crippen molar-refractivity contribution in [3.63, 3.8) is 0 Å². The van der Waals surface area contributed by atoms with Crippen LogP contribution in [0.3, 0.4) is 0 Å². The number of carbonyl (C=O) groups is 4. The molecule has 0 aromatic heterocycles. The SMILES string of the molecule is CCC(C)CCCCCCCCCCC(=O)O[C@H](COC(=O)CCCCCCCCCC(C)C)COP(=O)(O)OCC(O)COP(=O)(O)OC[C@@H](COC(=O)CCCCCCCCCCCCCCCCCCC(C)C)OC(=O)CCCCCCCCCCCCCC(C)C. The molecule has 0 aliphatic heterocycles. The van der Waals surface area contributed by atoms with Gasteiger partial charge in [-0.15, -0.1) is 0 Å². The van der Waals surface area contributed by atoms with Gasteiger partial charge in [0, 0.05) is 25.7 Å². The van der Waals surface area contributed by atoms with E-state index in [0.29, 0.717) is 31.6 Å². The van der Waals surface area contributed by atoms with Crippen molar-refractivity contribution in [2.45, 2.75) is 401 Å². The van der Waals surface area contributed by atoms with E-state index in [1.807, 2.05) is 0 Å². The van der Waals surface area contributed by atoms with E-state index in [4.69, 9.17) is 37.0 Å². The predicted octanol–water partition coefficient (Wildman–Crippen LogP) is 22.0. The lowest BCUT2D eigenvalue weighted by atomic mass is 9.99. The molecule has 0 aromatic rings. The van der Waals surface area contributed by atoms with Gasteiger partial charge in [0.15, 0.2) is 12.2 Å². The van der Waals surface area contributed by atoms with E-state index in [1.54, 1.807) is 0 Å². The van der Waals surface area contributed by atoms with Gasteiger partial charge in [-0.25, -0.2) is 9.13 Å². The van der Waals surface area contributed by atoms with Crippen LogP contribution in [0.4, 0.5) is 0 Å². The second kappa shape index (κ2) is 65.4. The number of phosphoric acid groups is 2. The van der Waals surface area contributed by atoms with Crippen molar-refractivity contribution >= 4 is 39.5 Å². The van der Waals surface area contributed by atoms with E-state index in [9.17, 15) is 43.2 Å². The topological polar surface area (TPSA) is 237 Å². The van der Waals surface area contributed by atoms with E-state index >= 15 is 0 Å². The zero-order valence-electron chi connectivity index (χ0n) is 62.3. The Morgan fingerprint density at radius 3 is 0.747 bits per heavy atom. The summed E-state index contributed by atoms with van der Waals surface area (Å²) in [4.78, 5) is 72.8. The average molecular weight is 1400 g/mol. The van der Waals surface area contributed by atoms with Crippen molar-refractivity contribution in [1.82, 2.24) is 0 Å². The van der Waals surface area contributed by atoms with Gasteiger partial charge < -0.3 is 33.8 Å². The summed E-state index contributed by atoms with van der Waals surface area (Å²) in [5.41, 5.74) is 0. The first kappa shape index (κ1) is 93.1. The molecule has 0 aliphatic carbocycles. The van der Waals surface area contributed by atoms with E-state index in [1.165, 1.54) is 180 Å². The maximum atomic E-state index is 13.1. The van der Waals surface area contributed by atoms with Crippen molar-refractivity contribution in [3.05, 3.63) is 0 Å². The van der Waals surface area contributed by atoms with Gasteiger partial charge in [0.1, 0.15) is 19.3 Å². The molecular weight excluding hydrogens is 1250 g/mol. The van der Waals surface area contributed by atoms with Crippen molar-refractivity contribution in [3.8, 4) is 0 Å². The molecule has 0 aromatic carbocycles. The largest absolute Gasteiger partial charge is 0.472 e. The van der Waals surface area contributed by atoms with Gasteiger partial charge in [-0.3, -0.25) is 37.3 Å². The summed E-state index contributed by atoms with van der Waals surface area (Å²) >= 11 is 0. The van der Waals surface area contributed by atoms with Crippen molar-refractivity contribution in [2.75, 3.05) is 39.6 Å². The fraction of sp³-hybridized carbons (Fsp3) is 0.947. The fourth-order valence-electron chi connectivity index (χ4n) is 11.5. The van der Waals surface area contributed by atoms with Crippen LogP contribution in [-0.4, -0.2) is 96.7 Å². The highest BCUT2D eigenvalue weighted by atomic mass is 31.2. The quantitative estimate of drug-likeness (QED) is 0.0222. The summed E-state index contributed by atoms with van der Waals surface area (Å²) in [5.74, 6) is 0.929. The van der Waals surface area contributed by atoms with Gasteiger partial charge in [-0.2, -0.15) is 0 Å². The molecule has 19 heteroatoms. The molecule has 17 nitrogen and oxygen atoms in total. The highest BCUT2D eigenvalue weighted by Gasteiger charge is 2.30. The third kappa shape index (κ3) is 69.0. The number of carbonyl (C=O) groups excluding carboxylic acids is 4. The Hall–Kier alpha value is -1.94. The Kier molecular flexibility index (Phi) is 64.0. The fourth-order valence-corrected chi connectivity index (χ4v) is 13.1. The maximum absolute atomic E-state index is 13.1. The summed E-state index contributed by atoms with van der Waals surface area (Å²) < 4.78 is 68.5. The van der Waals surface area contributed by atoms with Crippen LogP contribution in [0.2, 0.25) is 0 Å². The van der Waals surface area contributed by atoms with Gasteiger partial charge in [-0.05, 0) is 49.4 Å². The molecule has 0 bridgehead atoms. The molecule has 95 heavy (non-hydrogen) atoms. The molecule has 0 fully saturated rings. The normalized spacial score (nSPS) is 14.4. The Morgan fingerprint density at radius 1 is 0.295 bits per heavy atom. The van der Waals surface area contributed by atoms with Gasteiger partial charge in [0.2, 0.25) is 0 Å². The molecular formula is C76H148O17P2. The number of phosphoric ester groups is 2. The minimum atomic E-state index is -4.96. The molecule has 0 aliphatic rings. The van der Waals surface area contributed by atoms with Gasteiger partial charge in [0.25, 0.3) is 0 Å². The lowest BCUT2D eigenvalue weighted by Gasteiger charge is -2.21. The standard InChI is InChI=1S/C76H148O17P2/c1-9-69(8)55-47-39-31-25-26-34-43-51-59-76(81)93-72(63-87-74(79)57-49-41-35-27-30-38-46-54-68(6)7)65-91-95(84,85)89-61-70(77)60-88-94(82,83)90-64-71(92-75(80)58-50-42-33-24-20-16-18-22-29-37-45-53-67(4)5)62-86-73(78)56-48-40-32-23-19-15-13-11-10-12-14-17-21-28-36-44-52-66(2)3/h66-72,77H,9-65H2,1-8H3,(H,82,83)(H,84,85)/t69?,70?,71-,72-/m1/s1. The molecule has 0 rings (SSSR count). The Labute approximate surface area is 581 Å². The number of rotatable bonds is 73. The van der Waals surface area contributed by atoms with Crippen LogP contribution >= 0.6 is 15.6 Å². The van der Waals surface area contributed by atoms with E-state index in [0.717, 1.165) is 114 Å². The highest BCUT2D eigenvalue weighted by Crippen LogP contribution is 2.45. The summed E-state index contributed by atoms with van der Waals surface area (Å²) in [6.07, 6.45) is 50.0. The zero-order chi connectivity index (χ0) is 70.3. The third-order valence-electron chi connectivity index (χ3n) is 17.9. The van der Waals surface area contributed by atoms with E-state index < -0.39 is 97.5 Å². The van der Waals surface area contributed by atoms with Crippen LogP contribution in [-0.2, 0) is 65.4 Å². The van der Waals surface area contributed by atoms with Crippen LogP contribution in [0.1, 0.15) is 383 Å². The van der Waals surface area contributed by atoms with Crippen LogP contribution in [0, 0.1) is 23.7 Å². The second-order valence-electron chi connectivity index (χ2n) is 29.1. The lowest BCUT2D eigenvalue weighted by molar-refractivity contribution is -0.161. The van der Waals surface area contributed by atoms with Crippen molar-refractivity contribution in [1.29, 1.82) is 0 Å². The first-order chi connectivity index (χ1) is 45.6. The third-order valence-corrected chi connectivity index (χ3v) is 19.8. The van der Waals surface area contributed by atoms with Gasteiger partial charge >= 0.3 is 39.5 Å². The number of esters is 4. The first-order valence-electron chi connectivity index (χ1n) is 39.2. The molecule has 0 amide bonds. The maximum Gasteiger partial charge on any atom is 0.472 e. The van der Waals surface area contributed by atoms with Gasteiger partial charge in [-0.1, -0.05) is 331 Å². The summed E-state index contributed by atoms with van der Waals surface area (Å²) in [5, 5.41) is 10.6. The first-order valence-corrected chi connectivity index (χ1v) is 42.2. The summed E-state index contributed by atoms with van der Waals surface area (Å²) in [7, 11) is -9.91. The molecule has 3 N–H and O–H groups in total. The molecule has 4 unspecified atom stereocenters. The van der Waals surface area contributed by atoms with Gasteiger partial charge in [0.05, 0.1) is 26.4 Å². The summed E-state index contributed by atoms with van der Waals surface area (Å²) in [6.45, 7) is 14.2. The molecule has 6 atom stereocenters. The molecule has 0 heterocycles. The van der Waals surface area contributed by atoms with Crippen molar-refractivity contribution < 1.29 is 80.2 Å². The Balaban J connectivity index is 5.23. The van der Waals surface area contributed by atoms with E-state index in [-0.39, 0.29) is 25.7 Å². The molecule has 0 radical (unpaired) electrons. The average Bonchev–Trinajstić information content (AvgIpc) is 1.62. The predicted molar refractivity (Wildman–Crippen MR) is 386 cm³/mol. The lowest BCUT2D eigenvalue weighted by Crippen LogP contribution is -2.30. The Morgan fingerprint density at radius 2 is 0.505 bits per heavy atom. The molecule has 0 spiro atoms. The molecule has 0 saturated heterocycles. The smallest absolute Gasteiger partial charge is 0.462 e. The highest BCUT2D eigenvalue weighted by molar-refractivity contribution is 7.47. The van der Waals surface area contributed by atoms with E-state index in [2.05, 4.69) is 55.4 Å². The number of aliphatic hydroxyl groups excluding tert-OH is 1. The van der Waals surface area contributed by atoms with Crippen molar-refractivity contribution in [2.24, 2.45) is 23.7 Å². The van der Waals surface area contributed by atoms with Crippen LogP contribution in [0.5, 0.6) is 0 Å². The minimum Gasteiger partial charge on any atom is -0.462 e. The molecule has 0 saturated carbocycles. The van der Waals surface area contributed by atoms with Crippen LogP contribution < -0.4 is 0 Å². The number of ether oxygens (including phenoxy) is 4. The number of unbranched alkanes of at least 4 members (excludes halogenated alkanes) is 38. The van der Waals surface area contributed by atoms with Crippen LogP contribution in [0.15, 0.2) is 0 Å². The van der Waals surface area contributed by atoms with Crippen LogP contribution in [0.25, 0.3) is 0 Å². The number of hydrogen-bond acceptors (Lipinski definition) is 15. The zero-order valence-corrected chi connectivity index (χ0v) is 64.1. The minimum absolute atomic E-state index is 0.104. The number of aliphatic hydroxyl groups is 1. The monoisotopic (exact) mass is 1400 g/mol. The number of hydrogen-bond donors (Lipinski definition) is 3. The summed E-state index contributed by atoms with van der Waals surface area (Å²) in [6, 6.07) is 0. The molecule has 564 valence electrons.